The molecule has 2 heterocycles. The van der Waals surface area contributed by atoms with Gasteiger partial charge in [0.05, 0.1) is 10.6 Å². The highest BCUT2D eigenvalue weighted by Crippen LogP contribution is 2.35. The highest BCUT2D eigenvalue weighted by molar-refractivity contribution is 7.11. The number of halogens is 3. The Bertz CT molecular complexity index is 520. The van der Waals surface area contributed by atoms with Gasteiger partial charge in [0, 0.05) is 19.4 Å². The monoisotopic (exact) mass is 263 g/mol. The average Bonchev–Trinajstić information content (AvgIpc) is 2.83. The molecule has 0 aliphatic rings. The highest BCUT2D eigenvalue weighted by Gasteiger charge is 2.35. The van der Waals surface area contributed by atoms with E-state index in [2.05, 4.69) is 10.1 Å². The van der Waals surface area contributed by atoms with Crippen LogP contribution >= 0.6 is 11.3 Å². The van der Waals surface area contributed by atoms with Gasteiger partial charge in [-0.1, -0.05) is 0 Å². The van der Waals surface area contributed by atoms with Crippen molar-refractivity contribution in [1.82, 2.24) is 14.8 Å². The molecule has 0 aromatic carbocycles. The Morgan fingerprint density at radius 3 is 2.65 bits per heavy atom. The number of aromatic nitrogens is 3. The maximum absolute atomic E-state index is 12.3. The molecule has 0 fully saturated rings. The lowest BCUT2D eigenvalue weighted by molar-refractivity contribution is -0.137. The van der Waals surface area contributed by atoms with Gasteiger partial charge in [-0.3, -0.25) is 4.68 Å². The third kappa shape index (κ3) is 2.32. The molecule has 2 rings (SSSR count). The molecule has 2 aromatic heterocycles. The fraction of sp³-hybridized carbons (Fsp3) is 0.333. The van der Waals surface area contributed by atoms with Crippen molar-refractivity contribution in [1.29, 1.82) is 0 Å². The first kappa shape index (κ1) is 12.1. The summed E-state index contributed by atoms with van der Waals surface area (Å²) >= 11 is 0.428. The normalized spacial score (nSPS) is 13.9. The molecule has 8 heteroatoms. The quantitative estimate of drug-likeness (QED) is 0.901. The fourth-order valence-corrected chi connectivity index (χ4v) is 2.12. The Hall–Kier alpha value is -1.41. The summed E-state index contributed by atoms with van der Waals surface area (Å²) in [6.45, 7) is 0. The lowest BCUT2D eigenvalue weighted by Crippen LogP contribution is -2.05. The van der Waals surface area contributed by atoms with E-state index in [0.29, 0.717) is 17.0 Å². The minimum absolute atomic E-state index is 0.140. The summed E-state index contributed by atoms with van der Waals surface area (Å²) in [5, 5.41) is 12.8. The Kier molecular flexibility index (Phi) is 2.92. The van der Waals surface area contributed by atoms with E-state index in [0.717, 1.165) is 6.20 Å². The lowest BCUT2D eigenvalue weighted by Gasteiger charge is -2.07. The summed E-state index contributed by atoms with van der Waals surface area (Å²) in [4.78, 5) is 3.39. The van der Waals surface area contributed by atoms with Crippen LogP contribution in [0.1, 0.15) is 21.7 Å². The van der Waals surface area contributed by atoms with E-state index in [1.165, 1.54) is 16.9 Å². The standard InChI is InChI=1S/C9H8F3N3OS/c1-15-5(2-3-14-15)7(16)6-4-13-8(17-6)9(10,11)12/h2-4,7,16H,1H3. The number of hydrogen-bond acceptors (Lipinski definition) is 4. The van der Waals surface area contributed by atoms with Crippen molar-refractivity contribution in [3.05, 3.63) is 34.0 Å². The molecule has 1 unspecified atom stereocenters. The van der Waals surface area contributed by atoms with E-state index in [1.54, 1.807) is 7.05 Å². The third-order valence-electron chi connectivity index (χ3n) is 2.17. The van der Waals surface area contributed by atoms with Gasteiger partial charge in [-0.15, -0.1) is 11.3 Å². The molecular formula is C9H8F3N3OS. The van der Waals surface area contributed by atoms with E-state index in [4.69, 9.17) is 0 Å². The van der Waals surface area contributed by atoms with Crippen LogP contribution in [0.4, 0.5) is 13.2 Å². The number of nitrogens with zero attached hydrogens (tertiary/aromatic N) is 3. The van der Waals surface area contributed by atoms with E-state index < -0.39 is 17.3 Å². The topological polar surface area (TPSA) is 50.9 Å². The Labute approximate surface area is 98.3 Å². The van der Waals surface area contributed by atoms with Crippen molar-refractivity contribution in [2.45, 2.75) is 12.3 Å². The molecular weight excluding hydrogens is 255 g/mol. The minimum Gasteiger partial charge on any atom is -0.381 e. The molecule has 0 saturated carbocycles. The maximum Gasteiger partial charge on any atom is 0.443 e. The van der Waals surface area contributed by atoms with Gasteiger partial charge in [-0.05, 0) is 6.07 Å². The lowest BCUT2D eigenvalue weighted by atomic mass is 10.2. The van der Waals surface area contributed by atoms with Gasteiger partial charge in [0.1, 0.15) is 6.10 Å². The molecule has 0 bridgehead atoms. The molecule has 92 valence electrons. The molecule has 1 N–H and O–H groups in total. The van der Waals surface area contributed by atoms with Crippen LogP contribution < -0.4 is 0 Å². The van der Waals surface area contributed by atoms with Crippen LogP contribution in [0.5, 0.6) is 0 Å². The van der Waals surface area contributed by atoms with E-state index >= 15 is 0 Å². The van der Waals surface area contributed by atoms with Crippen LogP contribution in [-0.4, -0.2) is 19.9 Å². The first-order valence-corrected chi connectivity index (χ1v) is 5.40. The van der Waals surface area contributed by atoms with Crippen molar-refractivity contribution in [3.63, 3.8) is 0 Å². The smallest absolute Gasteiger partial charge is 0.381 e. The Balaban J connectivity index is 2.30. The summed E-state index contributed by atoms with van der Waals surface area (Å²) in [5.74, 6) is 0. The zero-order chi connectivity index (χ0) is 12.6. The molecule has 0 amide bonds. The van der Waals surface area contributed by atoms with Gasteiger partial charge >= 0.3 is 6.18 Å². The Morgan fingerprint density at radius 2 is 2.18 bits per heavy atom. The number of alkyl halides is 3. The summed E-state index contributed by atoms with van der Waals surface area (Å²) in [6.07, 6.45) is -3.12. The van der Waals surface area contributed by atoms with Gasteiger partial charge in [0.2, 0.25) is 0 Å². The average molecular weight is 263 g/mol. The first-order chi connectivity index (χ1) is 7.89. The summed E-state index contributed by atoms with van der Waals surface area (Å²) in [6, 6.07) is 1.54. The van der Waals surface area contributed by atoms with Gasteiger partial charge in [-0.2, -0.15) is 18.3 Å². The number of hydrogen-bond donors (Lipinski definition) is 1. The number of rotatable bonds is 2. The van der Waals surface area contributed by atoms with Crippen LogP contribution in [-0.2, 0) is 13.2 Å². The molecule has 4 nitrogen and oxygen atoms in total. The number of aliphatic hydroxyl groups is 1. The van der Waals surface area contributed by atoms with E-state index in [1.807, 2.05) is 0 Å². The van der Waals surface area contributed by atoms with Gasteiger partial charge in [-0.25, -0.2) is 4.98 Å². The molecule has 2 aromatic rings. The van der Waals surface area contributed by atoms with Crippen LogP contribution in [0, 0.1) is 0 Å². The maximum atomic E-state index is 12.3. The van der Waals surface area contributed by atoms with Crippen molar-refractivity contribution >= 4 is 11.3 Å². The largest absolute Gasteiger partial charge is 0.443 e. The summed E-state index contributed by atoms with van der Waals surface area (Å²) in [7, 11) is 1.60. The highest BCUT2D eigenvalue weighted by atomic mass is 32.1. The second-order valence-corrected chi connectivity index (χ2v) is 4.41. The van der Waals surface area contributed by atoms with Crippen molar-refractivity contribution in [2.24, 2.45) is 7.05 Å². The van der Waals surface area contributed by atoms with Gasteiger partial charge in [0.15, 0.2) is 5.01 Å². The van der Waals surface area contributed by atoms with Crippen molar-refractivity contribution < 1.29 is 18.3 Å². The van der Waals surface area contributed by atoms with Crippen molar-refractivity contribution in [3.8, 4) is 0 Å². The Morgan fingerprint density at radius 1 is 1.47 bits per heavy atom. The molecule has 0 radical (unpaired) electrons. The molecule has 0 spiro atoms. The van der Waals surface area contributed by atoms with Crippen LogP contribution in [0.15, 0.2) is 18.5 Å². The predicted molar refractivity (Wildman–Crippen MR) is 54.4 cm³/mol. The van der Waals surface area contributed by atoms with Crippen LogP contribution in [0.2, 0.25) is 0 Å². The minimum atomic E-state index is -4.48. The van der Waals surface area contributed by atoms with Crippen LogP contribution in [0.25, 0.3) is 0 Å². The number of aryl methyl sites for hydroxylation is 1. The fourth-order valence-electron chi connectivity index (χ4n) is 1.34. The van der Waals surface area contributed by atoms with E-state index in [9.17, 15) is 18.3 Å². The van der Waals surface area contributed by atoms with Gasteiger partial charge < -0.3 is 5.11 Å². The SMILES string of the molecule is Cn1nccc1C(O)c1cnc(C(F)(F)F)s1. The van der Waals surface area contributed by atoms with Crippen molar-refractivity contribution in [2.75, 3.05) is 0 Å². The zero-order valence-electron chi connectivity index (χ0n) is 8.64. The second kappa shape index (κ2) is 4.11. The summed E-state index contributed by atoms with van der Waals surface area (Å²) < 4.78 is 38.4. The first-order valence-electron chi connectivity index (χ1n) is 4.58. The third-order valence-corrected chi connectivity index (χ3v) is 3.27. The van der Waals surface area contributed by atoms with E-state index in [-0.39, 0.29) is 4.88 Å². The molecule has 0 aliphatic heterocycles. The molecule has 1 atom stereocenters. The number of aliphatic hydroxyl groups excluding tert-OH is 1. The second-order valence-electron chi connectivity index (χ2n) is 3.35. The molecule has 17 heavy (non-hydrogen) atoms. The summed E-state index contributed by atoms with van der Waals surface area (Å²) in [5.41, 5.74) is 0.419. The molecule has 0 saturated heterocycles. The molecule has 0 aliphatic carbocycles. The number of thiazole rings is 1. The van der Waals surface area contributed by atoms with Crippen LogP contribution in [0.3, 0.4) is 0 Å². The zero-order valence-corrected chi connectivity index (χ0v) is 9.46. The predicted octanol–water partition coefficient (Wildman–Crippen LogP) is 1.98. The van der Waals surface area contributed by atoms with Gasteiger partial charge in [0.25, 0.3) is 0 Å².